The van der Waals surface area contributed by atoms with Crippen LogP contribution in [-0.2, 0) is 10.0 Å². The van der Waals surface area contributed by atoms with Crippen LogP contribution >= 0.6 is 23.6 Å². The third-order valence-corrected chi connectivity index (χ3v) is 6.57. The van der Waals surface area contributed by atoms with Gasteiger partial charge in [0.2, 0.25) is 10.9 Å². The number of nitrogens with one attached hydrogen (secondary N) is 2. The van der Waals surface area contributed by atoms with Crippen LogP contribution in [0.5, 0.6) is 5.88 Å². The van der Waals surface area contributed by atoms with E-state index >= 15 is 0 Å². The number of rotatable bonds is 7. The van der Waals surface area contributed by atoms with E-state index in [0.29, 0.717) is 9.64 Å². The minimum Gasteiger partial charge on any atom is -0.491 e. The smallest absolute Gasteiger partial charge is 0.264 e. The SMILES string of the molecule is O=S(=O)(Nc1ncccn1)c1ccc(N=Nc2sc(=S)n(Nc3ccccc3)c2O)cc1. The van der Waals surface area contributed by atoms with E-state index in [9.17, 15) is 13.5 Å². The molecule has 0 saturated heterocycles. The summed E-state index contributed by atoms with van der Waals surface area (Å²) in [5, 5.41) is 18.7. The second-order valence-corrected chi connectivity index (χ2v) is 9.49. The van der Waals surface area contributed by atoms with Gasteiger partial charge in [-0.05, 0) is 54.7 Å². The standard InChI is InChI=1S/C19H15N7O3S3/c27-17-16(31-19(30)26(17)24-14-5-2-1-3-6-14)23-22-13-7-9-15(10-8-13)32(28,29)25-18-20-11-4-12-21-18/h1-12,24,27H,(H,20,21,25). The Kier molecular flexibility index (Phi) is 6.20. The van der Waals surface area contributed by atoms with Crippen LogP contribution in [-0.4, -0.2) is 28.2 Å². The Hall–Kier alpha value is -3.68. The Morgan fingerprint density at radius 3 is 2.34 bits per heavy atom. The Labute approximate surface area is 192 Å². The molecule has 0 aliphatic carbocycles. The van der Waals surface area contributed by atoms with E-state index in [1.807, 2.05) is 30.3 Å². The first-order chi connectivity index (χ1) is 15.4. The van der Waals surface area contributed by atoms with E-state index in [-0.39, 0.29) is 21.7 Å². The van der Waals surface area contributed by atoms with Gasteiger partial charge in [0.25, 0.3) is 15.9 Å². The molecule has 2 aromatic carbocycles. The van der Waals surface area contributed by atoms with Crippen LogP contribution < -0.4 is 10.1 Å². The van der Waals surface area contributed by atoms with Crippen LogP contribution in [0.2, 0.25) is 0 Å². The van der Waals surface area contributed by atoms with Crippen molar-refractivity contribution in [1.82, 2.24) is 14.6 Å². The van der Waals surface area contributed by atoms with Gasteiger partial charge in [-0.15, -0.1) is 10.2 Å². The van der Waals surface area contributed by atoms with Crippen molar-refractivity contribution >= 4 is 55.9 Å². The average molecular weight is 486 g/mol. The topological polar surface area (TPSA) is 134 Å². The second kappa shape index (κ2) is 9.21. The molecule has 162 valence electrons. The summed E-state index contributed by atoms with van der Waals surface area (Å²) < 4.78 is 28.8. The average Bonchev–Trinajstić information content (AvgIpc) is 3.06. The van der Waals surface area contributed by atoms with E-state index in [4.69, 9.17) is 12.2 Å². The summed E-state index contributed by atoms with van der Waals surface area (Å²) in [5.41, 5.74) is 4.12. The molecule has 0 amide bonds. The number of thiazole rings is 1. The molecule has 0 atom stereocenters. The van der Waals surface area contributed by atoms with Crippen LogP contribution in [0.3, 0.4) is 0 Å². The number of benzene rings is 2. The highest BCUT2D eigenvalue weighted by molar-refractivity contribution is 7.92. The van der Waals surface area contributed by atoms with Gasteiger partial charge < -0.3 is 5.11 Å². The zero-order valence-corrected chi connectivity index (χ0v) is 18.6. The molecular formula is C19H15N7O3S3. The number of aromatic nitrogens is 3. The van der Waals surface area contributed by atoms with Gasteiger partial charge in [0.05, 0.1) is 16.3 Å². The fourth-order valence-corrected chi connectivity index (χ4v) is 4.47. The maximum Gasteiger partial charge on any atom is 0.264 e. The van der Waals surface area contributed by atoms with Crippen molar-refractivity contribution < 1.29 is 13.5 Å². The summed E-state index contributed by atoms with van der Waals surface area (Å²) in [4.78, 5) is 7.70. The molecule has 13 heteroatoms. The predicted molar refractivity (Wildman–Crippen MR) is 124 cm³/mol. The van der Waals surface area contributed by atoms with E-state index in [2.05, 4.69) is 30.3 Å². The van der Waals surface area contributed by atoms with Gasteiger partial charge in [-0.3, -0.25) is 5.43 Å². The van der Waals surface area contributed by atoms with Gasteiger partial charge in [0.1, 0.15) is 0 Å². The summed E-state index contributed by atoms with van der Waals surface area (Å²) in [6, 6.07) is 16.5. The van der Waals surface area contributed by atoms with E-state index in [1.165, 1.54) is 41.3 Å². The molecule has 0 saturated carbocycles. The third-order valence-electron chi connectivity index (χ3n) is 3.98. The second-order valence-electron chi connectivity index (χ2n) is 6.18. The molecule has 4 aromatic rings. The quantitative estimate of drug-likeness (QED) is 0.251. The molecule has 0 radical (unpaired) electrons. The largest absolute Gasteiger partial charge is 0.491 e. The molecular weight excluding hydrogens is 470 g/mol. The van der Waals surface area contributed by atoms with E-state index in [0.717, 1.165) is 17.0 Å². The highest BCUT2D eigenvalue weighted by Crippen LogP contribution is 2.35. The van der Waals surface area contributed by atoms with Crippen LogP contribution in [0.1, 0.15) is 0 Å². The normalized spacial score (nSPS) is 11.5. The van der Waals surface area contributed by atoms with Gasteiger partial charge in [-0.2, -0.15) is 0 Å². The van der Waals surface area contributed by atoms with Gasteiger partial charge in [0, 0.05) is 12.4 Å². The summed E-state index contributed by atoms with van der Waals surface area (Å²) in [6.07, 6.45) is 2.86. The maximum atomic E-state index is 12.4. The van der Waals surface area contributed by atoms with Crippen LogP contribution in [0.4, 0.5) is 22.3 Å². The molecule has 2 aromatic heterocycles. The van der Waals surface area contributed by atoms with Gasteiger partial charge >= 0.3 is 0 Å². The van der Waals surface area contributed by atoms with Crippen LogP contribution in [0, 0.1) is 3.95 Å². The van der Waals surface area contributed by atoms with Crippen LogP contribution in [0.25, 0.3) is 0 Å². The first kappa shape index (κ1) is 21.5. The number of hydrogen-bond donors (Lipinski definition) is 3. The number of para-hydroxylation sites is 1. The molecule has 0 aliphatic heterocycles. The summed E-state index contributed by atoms with van der Waals surface area (Å²) in [5.74, 6) is -0.208. The minimum absolute atomic E-state index is 0.0145. The molecule has 0 aliphatic rings. The number of anilines is 2. The van der Waals surface area contributed by atoms with E-state index in [1.54, 1.807) is 6.07 Å². The molecule has 0 fully saturated rings. The summed E-state index contributed by atoms with van der Waals surface area (Å²) >= 11 is 6.35. The monoisotopic (exact) mass is 485 g/mol. The zero-order valence-electron chi connectivity index (χ0n) is 16.2. The molecule has 32 heavy (non-hydrogen) atoms. The molecule has 0 spiro atoms. The van der Waals surface area contributed by atoms with Crippen molar-refractivity contribution in [3.63, 3.8) is 0 Å². The highest BCUT2D eigenvalue weighted by Gasteiger charge is 2.15. The highest BCUT2D eigenvalue weighted by atomic mass is 32.2. The first-order valence-electron chi connectivity index (χ1n) is 9.01. The van der Waals surface area contributed by atoms with Crippen LogP contribution in [0.15, 0.2) is 88.2 Å². The maximum absolute atomic E-state index is 12.4. The van der Waals surface area contributed by atoms with E-state index < -0.39 is 10.0 Å². The van der Waals surface area contributed by atoms with Crippen molar-refractivity contribution in [2.24, 2.45) is 10.2 Å². The number of hydrogen-bond acceptors (Lipinski definition) is 10. The number of azo groups is 1. The van der Waals surface area contributed by atoms with Crippen molar-refractivity contribution in [3.8, 4) is 5.88 Å². The third kappa shape index (κ3) is 4.96. The lowest BCUT2D eigenvalue weighted by Gasteiger charge is -2.07. The van der Waals surface area contributed by atoms with Crippen molar-refractivity contribution in [3.05, 3.63) is 77.0 Å². The fraction of sp³-hybridized carbons (Fsp3) is 0. The Morgan fingerprint density at radius 1 is 0.969 bits per heavy atom. The minimum atomic E-state index is -3.85. The molecule has 10 nitrogen and oxygen atoms in total. The van der Waals surface area contributed by atoms with Crippen molar-refractivity contribution in [1.29, 1.82) is 0 Å². The van der Waals surface area contributed by atoms with Gasteiger partial charge in [-0.25, -0.2) is 27.8 Å². The Bertz CT molecular complexity index is 1400. The molecule has 0 unspecified atom stereocenters. The number of nitrogens with zero attached hydrogens (tertiary/aromatic N) is 5. The van der Waals surface area contributed by atoms with Gasteiger partial charge in [-0.1, -0.05) is 29.5 Å². The molecule has 2 heterocycles. The lowest BCUT2D eigenvalue weighted by Crippen LogP contribution is -2.14. The Balaban J connectivity index is 1.50. The lowest BCUT2D eigenvalue weighted by molar-refractivity contribution is 0.436. The first-order valence-corrected chi connectivity index (χ1v) is 11.7. The number of aromatic hydroxyl groups is 1. The number of sulfonamides is 1. The summed E-state index contributed by atoms with van der Waals surface area (Å²) in [7, 11) is -3.85. The molecule has 3 N–H and O–H groups in total. The Morgan fingerprint density at radius 2 is 1.66 bits per heavy atom. The lowest BCUT2D eigenvalue weighted by atomic mass is 10.3. The summed E-state index contributed by atoms with van der Waals surface area (Å²) in [6.45, 7) is 0. The van der Waals surface area contributed by atoms with Gasteiger partial charge in [0.15, 0.2) is 3.95 Å². The van der Waals surface area contributed by atoms with Crippen molar-refractivity contribution in [2.75, 3.05) is 10.1 Å². The molecule has 0 bridgehead atoms. The predicted octanol–water partition coefficient (Wildman–Crippen LogP) is 4.87. The zero-order chi connectivity index (χ0) is 22.6. The molecule has 4 rings (SSSR count). The fourth-order valence-electron chi connectivity index (χ4n) is 2.49. The van der Waals surface area contributed by atoms with Crippen molar-refractivity contribution in [2.45, 2.75) is 4.90 Å².